The number of methoxy groups -OCH3 is 1. The second-order valence-electron chi connectivity index (χ2n) is 5.89. The SMILES string of the molecule is COc1ccc(C2CCNC(=O)O2)cc1OCCOCC1CC1. The predicted octanol–water partition coefficient (Wildman–Crippen LogP) is 2.67. The third kappa shape index (κ3) is 4.51. The maximum Gasteiger partial charge on any atom is 0.407 e. The number of alkyl carbamates (subject to hydrolysis) is 1. The Hall–Kier alpha value is -1.95. The van der Waals surface area contributed by atoms with Crippen LogP contribution in [0.25, 0.3) is 0 Å². The second kappa shape index (κ2) is 7.55. The first-order valence-corrected chi connectivity index (χ1v) is 8.09. The summed E-state index contributed by atoms with van der Waals surface area (Å²) in [7, 11) is 1.61. The monoisotopic (exact) mass is 321 g/mol. The molecule has 1 atom stereocenters. The molecule has 1 saturated heterocycles. The Balaban J connectivity index is 1.57. The summed E-state index contributed by atoms with van der Waals surface area (Å²) in [5.74, 6) is 2.06. The predicted molar refractivity (Wildman–Crippen MR) is 83.9 cm³/mol. The molecule has 0 radical (unpaired) electrons. The Morgan fingerprint density at radius 2 is 2.09 bits per heavy atom. The highest BCUT2D eigenvalue weighted by atomic mass is 16.6. The van der Waals surface area contributed by atoms with E-state index in [1.54, 1.807) is 7.11 Å². The van der Waals surface area contributed by atoms with Crippen LogP contribution in [0.2, 0.25) is 0 Å². The molecule has 2 fully saturated rings. The molecule has 1 unspecified atom stereocenters. The lowest BCUT2D eigenvalue weighted by Gasteiger charge is -2.24. The molecule has 1 amide bonds. The molecule has 6 heteroatoms. The van der Waals surface area contributed by atoms with E-state index < -0.39 is 0 Å². The highest BCUT2D eigenvalue weighted by molar-refractivity contribution is 5.68. The van der Waals surface area contributed by atoms with Crippen LogP contribution in [-0.4, -0.2) is 39.6 Å². The molecule has 1 aliphatic heterocycles. The molecule has 126 valence electrons. The number of amides is 1. The van der Waals surface area contributed by atoms with Crippen molar-refractivity contribution in [3.8, 4) is 11.5 Å². The fourth-order valence-corrected chi connectivity index (χ4v) is 2.52. The Labute approximate surface area is 136 Å². The molecule has 0 aromatic heterocycles. The van der Waals surface area contributed by atoms with Crippen LogP contribution in [0.15, 0.2) is 18.2 Å². The van der Waals surface area contributed by atoms with Crippen molar-refractivity contribution in [2.45, 2.75) is 25.4 Å². The Bertz CT molecular complexity index is 544. The van der Waals surface area contributed by atoms with Crippen molar-refractivity contribution in [2.75, 3.05) is 33.5 Å². The Kier molecular flexibility index (Phi) is 5.23. The fraction of sp³-hybridized carbons (Fsp3) is 0.588. The number of carbonyl (C=O) groups excluding carboxylic acids is 1. The fourth-order valence-electron chi connectivity index (χ4n) is 2.52. The van der Waals surface area contributed by atoms with Crippen molar-refractivity contribution in [3.05, 3.63) is 23.8 Å². The summed E-state index contributed by atoms with van der Waals surface area (Å²) >= 11 is 0. The van der Waals surface area contributed by atoms with Gasteiger partial charge in [-0.15, -0.1) is 0 Å². The van der Waals surface area contributed by atoms with Crippen molar-refractivity contribution in [1.82, 2.24) is 5.32 Å². The lowest BCUT2D eigenvalue weighted by atomic mass is 10.0. The van der Waals surface area contributed by atoms with Crippen LogP contribution in [0.5, 0.6) is 11.5 Å². The first kappa shape index (κ1) is 15.9. The van der Waals surface area contributed by atoms with Gasteiger partial charge in [-0.05, 0) is 36.5 Å². The molecule has 1 aliphatic carbocycles. The minimum absolute atomic E-state index is 0.247. The van der Waals surface area contributed by atoms with Gasteiger partial charge in [-0.1, -0.05) is 6.07 Å². The van der Waals surface area contributed by atoms with Gasteiger partial charge >= 0.3 is 6.09 Å². The molecule has 1 heterocycles. The van der Waals surface area contributed by atoms with Gasteiger partial charge in [-0.3, -0.25) is 0 Å². The van der Waals surface area contributed by atoms with Crippen molar-refractivity contribution in [2.24, 2.45) is 5.92 Å². The molecule has 1 saturated carbocycles. The van der Waals surface area contributed by atoms with Crippen molar-refractivity contribution in [3.63, 3.8) is 0 Å². The topological polar surface area (TPSA) is 66.0 Å². The van der Waals surface area contributed by atoms with Gasteiger partial charge in [0.1, 0.15) is 12.7 Å². The average molecular weight is 321 g/mol. The highest BCUT2D eigenvalue weighted by Gasteiger charge is 2.23. The minimum atomic E-state index is -0.381. The molecular formula is C17H23NO5. The van der Waals surface area contributed by atoms with E-state index in [0.717, 1.165) is 24.5 Å². The summed E-state index contributed by atoms with van der Waals surface area (Å²) in [5, 5.41) is 2.65. The number of rotatable bonds is 8. The van der Waals surface area contributed by atoms with E-state index >= 15 is 0 Å². The second-order valence-corrected chi connectivity index (χ2v) is 5.89. The van der Waals surface area contributed by atoms with Gasteiger partial charge in [0.05, 0.1) is 13.7 Å². The molecule has 23 heavy (non-hydrogen) atoms. The van der Waals surface area contributed by atoms with E-state index in [-0.39, 0.29) is 12.2 Å². The van der Waals surface area contributed by atoms with Gasteiger partial charge in [0.15, 0.2) is 11.5 Å². The van der Waals surface area contributed by atoms with Crippen molar-refractivity contribution in [1.29, 1.82) is 0 Å². The zero-order chi connectivity index (χ0) is 16.1. The maximum atomic E-state index is 11.4. The summed E-state index contributed by atoms with van der Waals surface area (Å²) in [5.41, 5.74) is 0.912. The maximum absolute atomic E-state index is 11.4. The van der Waals surface area contributed by atoms with Crippen LogP contribution in [-0.2, 0) is 9.47 Å². The Morgan fingerprint density at radius 3 is 2.83 bits per heavy atom. The van der Waals surface area contributed by atoms with E-state index in [1.165, 1.54) is 12.8 Å². The molecular weight excluding hydrogens is 298 g/mol. The summed E-state index contributed by atoms with van der Waals surface area (Å²) in [6.07, 6.45) is 2.68. The Morgan fingerprint density at radius 1 is 1.22 bits per heavy atom. The van der Waals surface area contributed by atoms with Gasteiger partial charge in [0, 0.05) is 19.6 Å². The number of carbonyl (C=O) groups is 1. The lowest BCUT2D eigenvalue weighted by molar-refractivity contribution is 0.0733. The zero-order valence-electron chi connectivity index (χ0n) is 13.4. The van der Waals surface area contributed by atoms with Crippen LogP contribution in [0.3, 0.4) is 0 Å². The van der Waals surface area contributed by atoms with Crippen LogP contribution >= 0.6 is 0 Å². The van der Waals surface area contributed by atoms with Gasteiger partial charge in [-0.25, -0.2) is 4.79 Å². The minimum Gasteiger partial charge on any atom is -0.493 e. The van der Waals surface area contributed by atoms with Gasteiger partial charge in [0.25, 0.3) is 0 Å². The number of benzene rings is 1. The van der Waals surface area contributed by atoms with E-state index in [4.69, 9.17) is 18.9 Å². The van der Waals surface area contributed by atoms with Gasteiger partial charge in [0.2, 0.25) is 0 Å². The summed E-state index contributed by atoms with van der Waals surface area (Å²) in [6.45, 7) is 2.47. The number of nitrogens with one attached hydrogen (secondary N) is 1. The lowest BCUT2D eigenvalue weighted by Crippen LogP contribution is -2.33. The normalized spacial score (nSPS) is 20.6. The zero-order valence-corrected chi connectivity index (χ0v) is 13.4. The third-order valence-corrected chi connectivity index (χ3v) is 4.02. The molecule has 1 N–H and O–H groups in total. The van der Waals surface area contributed by atoms with E-state index in [1.807, 2.05) is 18.2 Å². The van der Waals surface area contributed by atoms with Crippen LogP contribution in [0, 0.1) is 5.92 Å². The molecule has 6 nitrogen and oxygen atoms in total. The van der Waals surface area contributed by atoms with E-state index in [9.17, 15) is 4.79 Å². The summed E-state index contributed by atoms with van der Waals surface area (Å²) < 4.78 is 22.0. The molecule has 1 aromatic rings. The first-order chi connectivity index (χ1) is 11.3. The number of hydrogen-bond acceptors (Lipinski definition) is 5. The standard InChI is InChI=1S/C17H23NO5/c1-20-15-5-4-13(14-6-7-18-17(19)23-14)10-16(15)22-9-8-21-11-12-2-3-12/h4-5,10,12,14H,2-3,6-9,11H2,1H3,(H,18,19). The number of ether oxygens (including phenoxy) is 4. The van der Waals surface area contributed by atoms with Crippen LogP contribution < -0.4 is 14.8 Å². The highest BCUT2D eigenvalue weighted by Crippen LogP contribution is 2.33. The van der Waals surface area contributed by atoms with Crippen molar-refractivity contribution < 1.29 is 23.7 Å². The quantitative estimate of drug-likeness (QED) is 0.746. The van der Waals surface area contributed by atoms with Gasteiger partial charge in [-0.2, -0.15) is 0 Å². The average Bonchev–Trinajstić information content (AvgIpc) is 3.38. The smallest absolute Gasteiger partial charge is 0.407 e. The van der Waals surface area contributed by atoms with E-state index in [2.05, 4.69) is 5.32 Å². The summed E-state index contributed by atoms with van der Waals surface area (Å²) in [4.78, 5) is 11.4. The molecule has 1 aromatic carbocycles. The molecule has 0 spiro atoms. The first-order valence-electron chi connectivity index (χ1n) is 8.09. The van der Waals surface area contributed by atoms with Crippen LogP contribution in [0.1, 0.15) is 30.9 Å². The molecule has 2 aliphatic rings. The van der Waals surface area contributed by atoms with Crippen molar-refractivity contribution >= 4 is 6.09 Å². The molecule has 0 bridgehead atoms. The third-order valence-electron chi connectivity index (χ3n) is 4.02. The summed E-state index contributed by atoms with van der Waals surface area (Å²) in [6, 6.07) is 5.62. The molecule has 3 rings (SSSR count). The number of cyclic esters (lactones) is 1. The van der Waals surface area contributed by atoms with Gasteiger partial charge < -0.3 is 24.3 Å². The van der Waals surface area contributed by atoms with E-state index in [0.29, 0.717) is 31.3 Å². The number of hydrogen-bond donors (Lipinski definition) is 1. The van der Waals surface area contributed by atoms with Crippen LogP contribution in [0.4, 0.5) is 4.79 Å². The largest absolute Gasteiger partial charge is 0.493 e.